The average molecular weight is 394 g/mol. The van der Waals surface area contributed by atoms with Gasteiger partial charge < -0.3 is 4.90 Å². The molecule has 1 aliphatic rings. The Bertz CT molecular complexity index is 926. The van der Waals surface area contributed by atoms with E-state index in [9.17, 15) is 22.0 Å². The summed E-state index contributed by atoms with van der Waals surface area (Å²) >= 11 is 0. The maximum atomic E-state index is 13.9. The van der Waals surface area contributed by atoms with E-state index in [1.807, 2.05) is 6.92 Å². The highest BCUT2D eigenvalue weighted by Gasteiger charge is 2.30. The molecule has 0 saturated carbocycles. The molecule has 0 aliphatic carbocycles. The molecule has 1 aliphatic heterocycles. The number of amides is 1. The van der Waals surface area contributed by atoms with E-state index in [2.05, 4.69) is 0 Å². The van der Waals surface area contributed by atoms with Gasteiger partial charge in [-0.15, -0.1) is 0 Å². The highest BCUT2D eigenvalue weighted by molar-refractivity contribution is 7.89. The monoisotopic (exact) mass is 394 g/mol. The van der Waals surface area contributed by atoms with Crippen LogP contribution in [0.3, 0.4) is 0 Å². The molecule has 8 heteroatoms. The summed E-state index contributed by atoms with van der Waals surface area (Å²) in [6.07, 6.45) is 0.382. The molecule has 0 bridgehead atoms. The molecular weight excluding hydrogens is 374 g/mol. The van der Waals surface area contributed by atoms with Crippen LogP contribution in [-0.4, -0.2) is 49.7 Å². The van der Waals surface area contributed by atoms with E-state index in [0.29, 0.717) is 6.42 Å². The van der Waals surface area contributed by atoms with Gasteiger partial charge in [-0.25, -0.2) is 17.2 Å². The minimum absolute atomic E-state index is 0.0672. The van der Waals surface area contributed by atoms with Crippen LogP contribution >= 0.6 is 0 Å². The summed E-state index contributed by atoms with van der Waals surface area (Å²) in [6, 6.07) is 9.80. The number of carbonyl (C=O) groups excluding carboxylic acids is 1. The summed E-state index contributed by atoms with van der Waals surface area (Å²) in [5.41, 5.74) is 0.348. The van der Waals surface area contributed by atoms with Crippen LogP contribution in [0, 0.1) is 18.6 Å². The van der Waals surface area contributed by atoms with Crippen molar-refractivity contribution >= 4 is 15.9 Å². The van der Waals surface area contributed by atoms with Crippen LogP contribution in [0.2, 0.25) is 0 Å². The van der Waals surface area contributed by atoms with E-state index in [4.69, 9.17) is 0 Å². The van der Waals surface area contributed by atoms with Crippen LogP contribution in [0.5, 0.6) is 0 Å². The summed E-state index contributed by atoms with van der Waals surface area (Å²) in [6.45, 7) is 2.47. The fourth-order valence-corrected chi connectivity index (χ4v) is 4.53. The first-order chi connectivity index (χ1) is 12.8. The number of halogens is 2. The summed E-state index contributed by atoms with van der Waals surface area (Å²) in [5, 5.41) is 0. The zero-order valence-electron chi connectivity index (χ0n) is 14.9. The van der Waals surface area contributed by atoms with Gasteiger partial charge >= 0.3 is 0 Å². The molecule has 0 spiro atoms. The summed E-state index contributed by atoms with van der Waals surface area (Å²) in [7, 11) is -3.69. The lowest BCUT2D eigenvalue weighted by Crippen LogP contribution is -2.38. The SMILES string of the molecule is Cc1ccc(S(=O)(=O)N2CCCN(C(=O)c3c(F)cccc3F)CC2)cc1. The van der Waals surface area contributed by atoms with Gasteiger partial charge in [0.25, 0.3) is 5.91 Å². The Morgan fingerprint density at radius 3 is 2.19 bits per heavy atom. The first-order valence-electron chi connectivity index (χ1n) is 8.61. The molecule has 1 heterocycles. The Hall–Kier alpha value is -2.32. The molecule has 0 radical (unpaired) electrons. The molecule has 27 heavy (non-hydrogen) atoms. The highest BCUT2D eigenvalue weighted by atomic mass is 32.2. The molecule has 0 aromatic heterocycles. The molecule has 1 fully saturated rings. The van der Waals surface area contributed by atoms with Crippen molar-refractivity contribution in [3.05, 3.63) is 65.2 Å². The van der Waals surface area contributed by atoms with Gasteiger partial charge in [0.05, 0.1) is 4.90 Å². The summed E-state index contributed by atoms with van der Waals surface area (Å²) in [5.74, 6) is -2.61. The van der Waals surface area contributed by atoms with E-state index < -0.39 is 33.1 Å². The molecule has 0 atom stereocenters. The Balaban J connectivity index is 1.77. The Kier molecular flexibility index (Phi) is 5.57. The lowest BCUT2D eigenvalue weighted by atomic mass is 10.1. The van der Waals surface area contributed by atoms with Gasteiger partial charge in [-0.1, -0.05) is 23.8 Å². The van der Waals surface area contributed by atoms with Crippen molar-refractivity contribution in [3.63, 3.8) is 0 Å². The number of nitrogens with zero attached hydrogens (tertiary/aromatic N) is 2. The van der Waals surface area contributed by atoms with Crippen molar-refractivity contribution in [2.45, 2.75) is 18.2 Å². The predicted molar refractivity (Wildman–Crippen MR) is 96.8 cm³/mol. The van der Waals surface area contributed by atoms with Crippen molar-refractivity contribution in [1.29, 1.82) is 0 Å². The minimum atomic E-state index is -3.69. The summed E-state index contributed by atoms with van der Waals surface area (Å²) < 4.78 is 54.7. The number of hydrogen-bond acceptors (Lipinski definition) is 3. The molecule has 0 N–H and O–H groups in total. The van der Waals surface area contributed by atoms with Crippen molar-refractivity contribution < 1.29 is 22.0 Å². The maximum Gasteiger partial charge on any atom is 0.259 e. The topological polar surface area (TPSA) is 57.7 Å². The molecule has 1 saturated heterocycles. The molecule has 0 unspecified atom stereocenters. The molecule has 1 amide bonds. The predicted octanol–water partition coefficient (Wildman–Crippen LogP) is 2.81. The normalized spacial score (nSPS) is 16.2. The first kappa shape index (κ1) is 19.4. The van der Waals surface area contributed by atoms with Crippen LogP contribution in [-0.2, 0) is 10.0 Å². The molecule has 2 aromatic carbocycles. The Morgan fingerprint density at radius 1 is 0.926 bits per heavy atom. The average Bonchev–Trinajstić information content (AvgIpc) is 2.88. The zero-order chi connectivity index (χ0) is 19.6. The van der Waals surface area contributed by atoms with Crippen LogP contribution in [0.25, 0.3) is 0 Å². The summed E-state index contributed by atoms with van der Waals surface area (Å²) in [4.78, 5) is 14.0. The standard InChI is InChI=1S/C19H20F2N2O3S/c1-14-6-8-15(9-7-14)27(25,26)23-11-3-10-22(12-13-23)19(24)18-16(20)4-2-5-17(18)21/h2,4-9H,3,10-13H2,1H3. The minimum Gasteiger partial charge on any atom is -0.337 e. The van der Waals surface area contributed by atoms with Gasteiger partial charge in [0.1, 0.15) is 17.2 Å². The van der Waals surface area contributed by atoms with Gasteiger partial charge in [-0.2, -0.15) is 4.31 Å². The van der Waals surface area contributed by atoms with Gasteiger partial charge in [-0.05, 0) is 37.6 Å². The third kappa shape index (κ3) is 4.01. The van der Waals surface area contributed by atoms with Gasteiger partial charge in [0.15, 0.2) is 0 Å². The maximum absolute atomic E-state index is 13.9. The van der Waals surface area contributed by atoms with E-state index >= 15 is 0 Å². The molecule has 3 rings (SSSR count). The highest BCUT2D eigenvalue weighted by Crippen LogP contribution is 2.20. The Morgan fingerprint density at radius 2 is 1.56 bits per heavy atom. The second-order valence-corrected chi connectivity index (χ2v) is 8.40. The quantitative estimate of drug-likeness (QED) is 0.804. The number of hydrogen-bond donors (Lipinski definition) is 0. The first-order valence-corrected chi connectivity index (χ1v) is 10.0. The van der Waals surface area contributed by atoms with Gasteiger partial charge in [-0.3, -0.25) is 4.79 Å². The third-order valence-electron chi connectivity index (χ3n) is 4.58. The fraction of sp³-hybridized carbons (Fsp3) is 0.316. The zero-order valence-corrected chi connectivity index (χ0v) is 15.7. The van der Waals surface area contributed by atoms with Crippen molar-refractivity contribution in [3.8, 4) is 0 Å². The number of aryl methyl sites for hydroxylation is 1. The van der Waals surface area contributed by atoms with E-state index in [0.717, 1.165) is 17.7 Å². The number of benzene rings is 2. The van der Waals surface area contributed by atoms with Crippen molar-refractivity contribution in [2.24, 2.45) is 0 Å². The van der Waals surface area contributed by atoms with E-state index in [1.54, 1.807) is 24.3 Å². The lowest BCUT2D eigenvalue weighted by Gasteiger charge is -2.22. The number of sulfonamides is 1. The van der Waals surface area contributed by atoms with E-state index in [-0.39, 0.29) is 31.1 Å². The lowest BCUT2D eigenvalue weighted by molar-refractivity contribution is 0.0754. The molecule has 144 valence electrons. The van der Waals surface area contributed by atoms with E-state index in [1.165, 1.54) is 15.3 Å². The Labute approximate surface area is 157 Å². The van der Waals surface area contributed by atoms with Crippen LogP contribution in [0.15, 0.2) is 47.4 Å². The second kappa shape index (κ2) is 7.74. The molecule has 5 nitrogen and oxygen atoms in total. The van der Waals surface area contributed by atoms with Gasteiger partial charge in [0, 0.05) is 26.2 Å². The molecule has 2 aromatic rings. The number of carbonyl (C=O) groups is 1. The second-order valence-electron chi connectivity index (χ2n) is 6.46. The molecular formula is C19H20F2N2O3S. The largest absolute Gasteiger partial charge is 0.337 e. The van der Waals surface area contributed by atoms with Crippen LogP contribution in [0.4, 0.5) is 8.78 Å². The van der Waals surface area contributed by atoms with Crippen LogP contribution in [0.1, 0.15) is 22.3 Å². The van der Waals surface area contributed by atoms with Crippen molar-refractivity contribution in [1.82, 2.24) is 9.21 Å². The number of rotatable bonds is 3. The van der Waals surface area contributed by atoms with Crippen LogP contribution < -0.4 is 0 Å². The van der Waals surface area contributed by atoms with Crippen molar-refractivity contribution in [2.75, 3.05) is 26.2 Å². The fourth-order valence-electron chi connectivity index (χ4n) is 3.06. The third-order valence-corrected chi connectivity index (χ3v) is 6.49. The van der Waals surface area contributed by atoms with Gasteiger partial charge in [0.2, 0.25) is 10.0 Å². The smallest absolute Gasteiger partial charge is 0.259 e.